The first kappa shape index (κ1) is 24.6. The Morgan fingerprint density at radius 3 is 2.28 bits per heavy atom. The standard InChI is InChI=1S/C24H36N4O3S/c1-15-6-8-16(9-7-15)22(29)28(18-12-10-17(11-13-18)26-27-25)19-14-20(24(2,3)4)32-21(19)23(30)31-5/h14-18H,6-13H2,1-5H3. The minimum atomic E-state index is -0.390. The Morgan fingerprint density at radius 1 is 1.12 bits per heavy atom. The van der Waals surface area contributed by atoms with Gasteiger partial charge in [0.05, 0.1) is 12.8 Å². The molecule has 1 heterocycles. The molecule has 3 rings (SSSR count). The van der Waals surface area contributed by atoms with Gasteiger partial charge < -0.3 is 9.64 Å². The lowest BCUT2D eigenvalue weighted by molar-refractivity contribution is -0.124. The summed E-state index contributed by atoms with van der Waals surface area (Å²) < 4.78 is 5.11. The molecule has 2 fully saturated rings. The Bertz CT molecular complexity index is 868. The van der Waals surface area contributed by atoms with Gasteiger partial charge in [0.15, 0.2) is 0 Å². The van der Waals surface area contributed by atoms with Gasteiger partial charge in [-0.15, -0.1) is 11.3 Å². The van der Waals surface area contributed by atoms with Crippen LogP contribution in [0.1, 0.15) is 93.6 Å². The Labute approximate surface area is 195 Å². The maximum absolute atomic E-state index is 13.9. The number of thiophene rings is 1. The molecule has 0 radical (unpaired) electrons. The molecule has 2 saturated carbocycles. The van der Waals surface area contributed by atoms with E-state index in [2.05, 4.69) is 37.7 Å². The average Bonchev–Trinajstić information content (AvgIpc) is 3.21. The molecule has 0 N–H and O–H groups in total. The average molecular weight is 461 g/mol. The van der Waals surface area contributed by atoms with E-state index in [1.54, 1.807) is 0 Å². The lowest BCUT2D eigenvalue weighted by Crippen LogP contribution is -2.47. The van der Waals surface area contributed by atoms with Crippen molar-refractivity contribution < 1.29 is 14.3 Å². The van der Waals surface area contributed by atoms with Crippen LogP contribution in [0.3, 0.4) is 0 Å². The first-order valence-corrected chi connectivity index (χ1v) is 12.6. The van der Waals surface area contributed by atoms with Gasteiger partial charge in [-0.2, -0.15) is 0 Å². The SMILES string of the molecule is COC(=O)c1sc(C(C)(C)C)cc1N(C(=O)C1CCC(C)CC1)C1CCC(N=[N+]=[N-])CC1. The van der Waals surface area contributed by atoms with Crippen LogP contribution in [0.4, 0.5) is 5.69 Å². The van der Waals surface area contributed by atoms with Crippen LogP contribution < -0.4 is 4.90 Å². The molecule has 0 saturated heterocycles. The third-order valence-electron chi connectivity index (χ3n) is 6.93. The first-order chi connectivity index (χ1) is 15.2. The van der Waals surface area contributed by atoms with Crippen LogP contribution in [-0.4, -0.2) is 31.1 Å². The molecular formula is C24H36N4O3S. The fraction of sp³-hybridized carbons (Fsp3) is 0.750. The monoisotopic (exact) mass is 460 g/mol. The fourth-order valence-corrected chi connectivity index (χ4v) is 6.00. The highest BCUT2D eigenvalue weighted by Gasteiger charge is 2.38. The van der Waals surface area contributed by atoms with Crippen molar-refractivity contribution in [2.45, 2.75) is 96.6 Å². The fourth-order valence-electron chi connectivity index (χ4n) is 4.87. The third-order valence-corrected chi connectivity index (χ3v) is 8.46. The smallest absolute Gasteiger partial charge is 0.350 e. The van der Waals surface area contributed by atoms with Gasteiger partial charge in [0.1, 0.15) is 4.88 Å². The number of carbonyl (C=O) groups excluding carboxylic acids is 2. The lowest BCUT2D eigenvalue weighted by Gasteiger charge is -2.39. The van der Waals surface area contributed by atoms with Gasteiger partial charge in [0.25, 0.3) is 0 Å². The van der Waals surface area contributed by atoms with Crippen LogP contribution in [0.5, 0.6) is 0 Å². The van der Waals surface area contributed by atoms with Gasteiger partial charge in [-0.1, -0.05) is 32.8 Å². The first-order valence-electron chi connectivity index (χ1n) is 11.8. The quantitative estimate of drug-likeness (QED) is 0.214. The van der Waals surface area contributed by atoms with E-state index >= 15 is 0 Å². The van der Waals surface area contributed by atoms with Crippen molar-refractivity contribution in [2.24, 2.45) is 17.0 Å². The molecule has 176 valence electrons. The van der Waals surface area contributed by atoms with E-state index in [1.807, 2.05) is 11.0 Å². The van der Waals surface area contributed by atoms with Crippen LogP contribution in [0.25, 0.3) is 10.4 Å². The minimum Gasteiger partial charge on any atom is -0.465 e. The number of esters is 1. The zero-order valence-corrected chi connectivity index (χ0v) is 20.8. The van der Waals surface area contributed by atoms with Gasteiger partial charge in [0.2, 0.25) is 5.91 Å². The summed E-state index contributed by atoms with van der Waals surface area (Å²) in [5.74, 6) is 0.390. The van der Waals surface area contributed by atoms with Crippen LogP contribution in [0.2, 0.25) is 0 Å². The topological polar surface area (TPSA) is 95.4 Å². The van der Waals surface area contributed by atoms with Gasteiger partial charge >= 0.3 is 5.97 Å². The molecule has 0 aromatic carbocycles. The maximum Gasteiger partial charge on any atom is 0.350 e. The normalized spacial score (nSPS) is 26.2. The molecule has 0 spiro atoms. The van der Waals surface area contributed by atoms with Gasteiger partial charge in [-0.3, -0.25) is 4.79 Å². The molecule has 32 heavy (non-hydrogen) atoms. The second kappa shape index (κ2) is 10.3. The highest BCUT2D eigenvalue weighted by atomic mass is 32.1. The van der Waals surface area contributed by atoms with E-state index in [1.165, 1.54) is 18.4 Å². The predicted molar refractivity (Wildman–Crippen MR) is 128 cm³/mol. The van der Waals surface area contributed by atoms with E-state index < -0.39 is 5.97 Å². The molecule has 1 aromatic heterocycles. The summed E-state index contributed by atoms with van der Waals surface area (Å²) in [5, 5.41) is 3.89. The van der Waals surface area contributed by atoms with E-state index in [0.29, 0.717) is 16.5 Å². The van der Waals surface area contributed by atoms with Crippen LogP contribution in [-0.2, 0) is 14.9 Å². The number of hydrogen-bond donors (Lipinski definition) is 0. The molecule has 0 atom stereocenters. The number of azide groups is 1. The highest BCUT2D eigenvalue weighted by molar-refractivity contribution is 7.14. The summed E-state index contributed by atoms with van der Waals surface area (Å²) in [5.41, 5.74) is 9.36. The molecular weight excluding hydrogens is 424 g/mol. The third kappa shape index (κ3) is 5.46. The van der Waals surface area contributed by atoms with Crippen molar-refractivity contribution in [1.82, 2.24) is 0 Å². The van der Waals surface area contributed by atoms with Crippen molar-refractivity contribution in [3.63, 3.8) is 0 Å². The number of ether oxygens (including phenoxy) is 1. The highest BCUT2D eigenvalue weighted by Crippen LogP contribution is 2.42. The summed E-state index contributed by atoms with van der Waals surface area (Å²) in [7, 11) is 1.39. The molecule has 1 amide bonds. The van der Waals surface area contributed by atoms with Crippen molar-refractivity contribution in [3.8, 4) is 0 Å². The van der Waals surface area contributed by atoms with E-state index in [-0.39, 0.29) is 29.3 Å². The molecule has 0 unspecified atom stereocenters. The van der Waals surface area contributed by atoms with Crippen LogP contribution in [0, 0.1) is 11.8 Å². The molecule has 0 bridgehead atoms. The molecule has 1 aromatic rings. The number of anilines is 1. The second-order valence-electron chi connectivity index (χ2n) is 10.4. The summed E-state index contributed by atoms with van der Waals surface area (Å²) in [6.07, 6.45) is 6.96. The Balaban J connectivity index is 2.00. The number of carbonyl (C=O) groups is 2. The summed E-state index contributed by atoms with van der Waals surface area (Å²) in [4.78, 5) is 33.1. The van der Waals surface area contributed by atoms with Crippen molar-refractivity contribution in [3.05, 3.63) is 26.3 Å². The van der Waals surface area contributed by atoms with Crippen molar-refractivity contribution in [2.75, 3.05) is 12.0 Å². The zero-order valence-electron chi connectivity index (χ0n) is 20.0. The largest absolute Gasteiger partial charge is 0.465 e. The molecule has 7 nitrogen and oxygen atoms in total. The summed E-state index contributed by atoms with van der Waals surface area (Å²) in [6, 6.07) is 2.01. The molecule has 2 aliphatic rings. The minimum absolute atomic E-state index is 0.00202. The van der Waals surface area contributed by atoms with E-state index in [9.17, 15) is 9.59 Å². The molecule has 0 aliphatic heterocycles. The summed E-state index contributed by atoms with van der Waals surface area (Å²) >= 11 is 1.43. The van der Waals surface area contributed by atoms with Gasteiger partial charge in [-0.05, 0) is 74.3 Å². The van der Waals surface area contributed by atoms with Crippen LogP contribution in [0.15, 0.2) is 11.2 Å². The van der Waals surface area contributed by atoms with Crippen LogP contribution >= 0.6 is 11.3 Å². The number of hydrogen-bond acceptors (Lipinski definition) is 5. The predicted octanol–water partition coefficient (Wildman–Crippen LogP) is 6.61. The van der Waals surface area contributed by atoms with Crippen molar-refractivity contribution >= 4 is 28.9 Å². The number of nitrogens with zero attached hydrogens (tertiary/aromatic N) is 4. The number of rotatable bonds is 5. The van der Waals surface area contributed by atoms with E-state index in [0.717, 1.165) is 56.2 Å². The van der Waals surface area contributed by atoms with Gasteiger partial charge in [0, 0.05) is 27.8 Å². The second-order valence-corrected chi connectivity index (χ2v) is 11.5. The molecule has 2 aliphatic carbocycles. The van der Waals surface area contributed by atoms with Gasteiger partial charge in [-0.25, -0.2) is 4.79 Å². The Kier molecular flexibility index (Phi) is 7.88. The Hall–Kier alpha value is -2.05. The maximum atomic E-state index is 13.9. The zero-order chi connectivity index (χ0) is 23.5. The lowest BCUT2D eigenvalue weighted by atomic mass is 9.81. The Morgan fingerprint density at radius 2 is 1.75 bits per heavy atom. The number of amides is 1. The number of methoxy groups -OCH3 is 1. The van der Waals surface area contributed by atoms with E-state index in [4.69, 9.17) is 10.3 Å². The molecule has 8 heteroatoms. The summed E-state index contributed by atoms with van der Waals surface area (Å²) in [6.45, 7) is 8.59. The van der Waals surface area contributed by atoms with Crippen molar-refractivity contribution in [1.29, 1.82) is 0 Å².